The number of nitrogens with one attached hydrogen (secondary N) is 1. The van der Waals surface area contributed by atoms with Gasteiger partial charge in [0.05, 0.1) is 31.5 Å². The predicted molar refractivity (Wildman–Crippen MR) is 126 cm³/mol. The molecule has 0 bridgehead atoms. The molecule has 170 valence electrons. The van der Waals surface area contributed by atoms with E-state index in [9.17, 15) is 4.79 Å². The SMILES string of the molecule is CCCOCCn1c(=O)c(NCc2ccccn2)nc2ncc(-c3ccc(OC)nc3)cc21. The summed E-state index contributed by atoms with van der Waals surface area (Å²) in [5, 5.41) is 3.11. The van der Waals surface area contributed by atoms with E-state index in [2.05, 4.69) is 25.3 Å². The second-order valence-electron chi connectivity index (χ2n) is 7.36. The molecule has 0 saturated heterocycles. The van der Waals surface area contributed by atoms with E-state index in [0.717, 1.165) is 23.2 Å². The topological polar surface area (TPSA) is 104 Å². The van der Waals surface area contributed by atoms with Crippen molar-refractivity contribution in [3.63, 3.8) is 0 Å². The molecule has 0 aliphatic heterocycles. The average molecular weight is 447 g/mol. The Balaban J connectivity index is 1.71. The largest absolute Gasteiger partial charge is 0.481 e. The number of pyridine rings is 3. The first kappa shape index (κ1) is 22.3. The zero-order valence-corrected chi connectivity index (χ0v) is 18.7. The van der Waals surface area contributed by atoms with Crippen molar-refractivity contribution in [2.45, 2.75) is 26.4 Å². The van der Waals surface area contributed by atoms with Gasteiger partial charge in [0, 0.05) is 48.9 Å². The Morgan fingerprint density at radius 3 is 2.64 bits per heavy atom. The Labute approximate surface area is 191 Å². The summed E-state index contributed by atoms with van der Waals surface area (Å²) in [4.78, 5) is 30.9. The molecule has 9 nitrogen and oxygen atoms in total. The fraction of sp³-hybridized carbons (Fsp3) is 0.292. The number of fused-ring (bicyclic) bond motifs is 1. The first-order chi connectivity index (χ1) is 16.2. The monoisotopic (exact) mass is 446 g/mol. The highest BCUT2D eigenvalue weighted by Crippen LogP contribution is 2.23. The lowest BCUT2D eigenvalue weighted by atomic mass is 10.1. The fourth-order valence-corrected chi connectivity index (χ4v) is 3.37. The van der Waals surface area contributed by atoms with E-state index in [4.69, 9.17) is 9.47 Å². The van der Waals surface area contributed by atoms with Crippen molar-refractivity contribution in [1.82, 2.24) is 24.5 Å². The maximum Gasteiger partial charge on any atom is 0.293 e. The standard InChI is InChI=1S/C24H26N6O3/c1-3-11-33-12-10-30-20-13-18(17-7-8-21(32-2)26-14-17)15-27-22(20)29-23(24(30)31)28-16-19-6-4-5-9-25-19/h4-9,13-15H,3,10-12,16H2,1-2H3,(H,27,28,29). The van der Waals surface area contributed by atoms with E-state index in [1.54, 1.807) is 36.3 Å². The molecule has 0 fully saturated rings. The van der Waals surface area contributed by atoms with Crippen molar-refractivity contribution in [3.05, 3.63) is 71.0 Å². The minimum Gasteiger partial charge on any atom is -0.481 e. The number of ether oxygens (including phenoxy) is 2. The lowest BCUT2D eigenvalue weighted by molar-refractivity contribution is 0.127. The molecule has 0 saturated carbocycles. The Morgan fingerprint density at radius 1 is 1.03 bits per heavy atom. The number of anilines is 1. The van der Waals surface area contributed by atoms with Crippen LogP contribution in [0.15, 0.2) is 59.8 Å². The number of aromatic nitrogens is 5. The Bertz CT molecular complexity index is 1260. The zero-order chi connectivity index (χ0) is 23.0. The molecular weight excluding hydrogens is 420 g/mol. The number of nitrogens with zero attached hydrogens (tertiary/aromatic N) is 5. The average Bonchev–Trinajstić information content (AvgIpc) is 2.87. The van der Waals surface area contributed by atoms with Crippen LogP contribution in [0.4, 0.5) is 5.82 Å². The minimum absolute atomic E-state index is 0.231. The van der Waals surface area contributed by atoms with Crippen LogP contribution in [-0.4, -0.2) is 44.8 Å². The minimum atomic E-state index is -0.231. The van der Waals surface area contributed by atoms with Crippen LogP contribution in [0.5, 0.6) is 5.88 Å². The summed E-state index contributed by atoms with van der Waals surface area (Å²) in [6.07, 6.45) is 6.07. The van der Waals surface area contributed by atoms with Crippen molar-refractivity contribution in [1.29, 1.82) is 0 Å². The lowest BCUT2D eigenvalue weighted by Crippen LogP contribution is -2.27. The molecule has 0 radical (unpaired) electrons. The van der Waals surface area contributed by atoms with E-state index in [0.29, 0.717) is 43.3 Å². The normalized spacial score (nSPS) is 11.0. The van der Waals surface area contributed by atoms with Gasteiger partial charge in [0.25, 0.3) is 5.56 Å². The Morgan fingerprint density at radius 2 is 1.91 bits per heavy atom. The molecule has 4 aromatic rings. The molecule has 0 atom stereocenters. The summed E-state index contributed by atoms with van der Waals surface area (Å²) < 4.78 is 12.4. The molecule has 0 aromatic carbocycles. The van der Waals surface area contributed by atoms with Gasteiger partial charge < -0.3 is 14.8 Å². The van der Waals surface area contributed by atoms with Crippen LogP contribution >= 0.6 is 0 Å². The van der Waals surface area contributed by atoms with Gasteiger partial charge in [-0.15, -0.1) is 0 Å². The quantitative estimate of drug-likeness (QED) is 0.370. The van der Waals surface area contributed by atoms with Crippen molar-refractivity contribution < 1.29 is 9.47 Å². The third-order valence-corrected chi connectivity index (χ3v) is 5.05. The molecule has 0 amide bonds. The lowest BCUT2D eigenvalue weighted by Gasteiger charge is -2.14. The van der Waals surface area contributed by atoms with Gasteiger partial charge in [-0.1, -0.05) is 13.0 Å². The van der Waals surface area contributed by atoms with Crippen molar-refractivity contribution in [3.8, 4) is 17.0 Å². The van der Waals surface area contributed by atoms with Gasteiger partial charge in [-0.25, -0.2) is 15.0 Å². The van der Waals surface area contributed by atoms with Gasteiger partial charge in [0.1, 0.15) is 0 Å². The summed E-state index contributed by atoms with van der Waals surface area (Å²) in [5.41, 5.74) is 3.38. The summed E-state index contributed by atoms with van der Waals surface area (Å²) >= 11 is 0. The summed E-state index contributed by atoms with van der Waals surface area (Å²) in [5.74, 6) is 0.762. The van der Waals surface area contributed by atoms with E-state index in [-0.39, 0.29) is 11.4 Å². The van der Waals surface area contributed by atoms with Crippen LogP contribution < -0.4 is 15.6 Å². The number of methoxy groups -OCH3 is 1. The van der Waals surface area contributed by atoms with E-state index in [1.807, 2.05) is 37.3 Å². The predicted octanol–water partition coefficient (Wildman–Crippen LogP) is 3.30. The van der Waals surface area contributed by atoms with Gasteiger partial charge in [-0.3, -0.25) is 14.3 Å². The van der Waals surface area contributed by atoms with Crippen LogP contribution in [0, 0.1) is 0 Å². The van der Waals surface area contributed by atoms with Crippen molar-refractivity contribution >= 4 is 17.0 Å². The van der Waals surface area contributed by atoms with Crippen molar-refractivity contribution in [2.75, 3.05) is 25.6 Å². The molecule has 0 aliphatic carbocycles. The number of hydrogen-bond acceptors (Lipinski definition) is 8. The molecular formula is C24H26N6O3. The van der Waals surface area contributed by atoms with Gasteiger partial charge in [-0.2, -0.15) is 0 Å². The van der Waals surface area contributed by atoms with Crippen LogP contribution in [0.3, 0.4) is 0 Å². The molecule has 4 heterocycles. The van der Waals surface area contributed by atoms with Crippen LogP contribution in [0.2, 0.25) is 0 Å². The van der Waals surface area contributed by atoms with E-state index >= 15 is 0 Å². The smallest absolute Gasteiger partial charge is 0.293 e. The summed E-state index contributed by atoms with van der Waals surface area (Å²) in [6, 6.07) is 11.2. The molecule has 0 unspecified atom stereocenters. The highest BCUT2D eigenvalue weighted by molar-refractivity contribution is 5.78. The third kappa shape index (κ3) is 5.32. The van der Waals surface area contributed by atoms with Gasteiger partial charge in [-0.05, 0) is 30.7 Å². The second kappa shape index (κ2) is 10.6. The van der Waals surface area contributed by atoms with E-state index < -0.39 is 0 Å². The van der Waals surface area contributed by atoms with Gasteiger partial charge in [0.2, 0.25) is 5.88 Å². The van der Waals surface area contributed by atoms with Crippen LogP contribution in [0.1, 0.15) is 19.0 Å². The van der Waals surface area contributed by atoms with Crippen LogP contribution in [-0.2, 0) is 17.8 Å². The van der Waals surface area contributed by atoms with E-state index in [1.165, 1.54) is 0 Å². The summed E-state index contributed by atoms with van der Waals surface area (Å²) in [7, 11) is 1.57. The number of hydrogen-bond donors (Lipinski definition) is 1. The van der Waals surface area contributed by atoms with Gasteiger partial charge >= 0.3 is 0 Å². The summed E-state index contributed by atoms with van der Waals surface area (Å²) in [6.45, 7) is 3.88. The molecule has 0 aliphatic rings. The number of rotatable bonds is 10. The maximum atomic E-state index is 13.3. The second-order valence-corrected chi connectivity index (χ2v) is 7.36. The van der Waals surface area contributed by atoms with Crippen molar-refractivity contribution in [2.24, 2.45) is 0 Å². The maximum absolute atomic E-state index is 13.3. The molecule has 4 rings (SSSR count). The Hall–Kier alpha value is -3.85. The molecule has 1 N–H and O–H groups in total. The molecule has 0 spiro atoms. The fourth-order valence-electron chi connectivity index (χ4n) is 3.37. The molecule has 4 aromatic heterocycles. The first-order valence-electron chi connectivity index (χ1n) is 10.8. The highest BCUT2D eigenvalue weighted by atomic mass is 16.5. The highest BCUT2D eigenvalue weighted by Gasteiger charge is 2.14. The van der Waals surface area contributed by atoms with Gasteiger partial charge in [0.15, 0.2) is 11.5 Å². The Kier molecular flexibility index (Phi) is 7.21. The first-order valence-corrected chi connectivity index (χ1v) is 10.8. The zero-order valence-electron chi connectivity index (χ0n) is 18.7. The molecule has 33 heavy (non-hydrogen) atoms. The molecule has 9 heteroatoms. The van der Waals surface area contributed by atoms with Crippen LogP contribution in [0.25, 0.3) is 22.3 Å². The third-order valence-electron chi connectivity index (χ3n) is 5.05.